The minimum Gasteiger partial charge on any atom is -0.375 e. The van der Waals surface area contributed by atoms with E-state index in [-0.39, 0.29) is 0 Å². The third-order valence-electron chi connectivity index (χ3n) is 1.77. The maximum Gasteiger partial charge on any atom is 0.417 e. The quantitative estimate of drug-likeness (QED) is 0.915. The van der Waals surface area contributed by atoms with Crippen molar-refractivity contribution in [3.05, 3.63) is 30.1 Å². The first kappa shape index (κ1) is 12.2. The molecule has 0 unspecified atom stereocenters. The van der Waals surface area contributed by atoms with Gasteiger partial charge in [0.25, 0.3) is 0 Å². The molecular formula is C9H6F3N3S2. The van der Waals surface area contributed by atoms with Gasteiger partial charge >= 0.3 is 6.18 Å². The molecule has 0 radical (unpaired) electrons. The molecule has 0 amide bonds. The van der Waals surface area contributed by atoms with Gasteiger partial charge in [-0.1, -0.05) is 23.1 Å². The number of hydrogen-bond acceptors (Lipinski definition) is 5. The summed E-state index contributed by atoms with van der Waals surface area (Å²) in [5, 5.41) is 0.890. The van der Waals surface area contributed by atoms with Crippen molar-refractivity contribution in [1.29, 1.82) is 0 Å². The fourth-order valence-electron chi connectivity index (χ4n) is 1.03. The van der Waals surface area contributed by atoms with Gasteiger partial charge in [-0.25, -0.2) is 9.97 Å². The molecule has 90 valence electrons. The van der Waals surface area contributed by atoms with Crippen molar-refractivity contribution >= 4 is 28.2 Å². The van der Waals surface area contributed by atoms with E-state index in [1.807, 2.05) is 0 Å². The molecule has 2 aromatic rings. The van der Waals surface area contributed by atoms with Crippen LogP contribution in [0, 0.1) is 0 Å². The molecule has 8 heteroatoms. The number of anilines is 1. The molecule has 0 saturated heterocycles. The molecule has 0 bridgehead atoms. The highest BCUT2D eigenvalue weighted by atomic mass is 32.2. The molecule has 0 aliphatic heterocycles. The van der Waals surface area contributed by atoms with E-state index in [0.29, 0.717) is 10.2 Å². The Hall–Kier alpha value is -1.28. The zero-order valence-corrected chi connectivity index (χ0v) is 9.86. The molecule has 0 atom stereocenters. The van der Waals surface area contributed by atoms with Crippen LogP contribution in [0.1, 0.15) is 5.56 Å². The van der Waals surface area contributed by atoms with Gasteiger partial charge in [-0.3, -0.25) is 0 Å². The average molecular weight is 277 g/mol. The van der Waals surface area contributed by atoms with Crippen LogP contribution in [0.4, 0.5) is 18.3 Å². The first-order chi connectivity index (χ1) is 7.95. The van der Waals surface area contributed by atoms with Crippen molar-refractivity contribution in [1.82, 2.24) is 9.97 Å². The highest BCUT2D eigenvalue weighted by Crippen LogP contribution is 2.33. The molecule has 17 heavy (non-hydrogen) atoms. The lowest BCUT2D eigenvalue weighted by Crippen LogP contribution is -2.04. The molecule has 0 aromatic carbocycles. The lowest BCUT2D eigenvalue weighted by Gasteiger charge is -2.05. The maximum absolute atomic E-state index is 12.3. The molecule has 0 fully saturated rings. The summed E-state index contributed by atoms with van der Waals surface area (Å²) < 4.78 is 37.6. The number of pyridine rings is 1. The highest BCUT2D eigenvalue weighted by Gasteiger charge is 2.30. The predicted octanol–water partition coefficient (Wildman–Crippen LogP) is 3.29. The lowest BCUT2D eigenvalue weighted by molar-refractivity contribution is -0.137. The molecule has 2 aromatic heterocycles. The molecule has 2 rings (SSSR count). The number of nitrogens with zero attached hydrogens (tertiary/aromatic N) is 2. The number of rotatable bonds is 2. The number of halogens is 3. The van der Waals surface area contributed by atoms with Crippen LogP contribution in [0.15, 0.2) is 33.8 Å². The molecule has 0 saturated carbocycles. The molecule has 2 N–H and O–H groups in total. The zero-order valence-electron chi connectivity index (χ0n) is 8.23. The second-order valence-electron chi connectivity index (χ2n) is 3.00. The van der Waals surface area contributed by atoms with Crippen LogP contribution in [0.5, 0.6) is 0 Å². The maximum atomic E-state index is 12.3. The normalized spacial score (nSPS) is 11.7. The Morgan fingerprint density at radius 3 is 2.41 bits per heavy atom. The minimum absolute atomic E-state index is 0.416. The molecule has 0 aliphatic carbocycles. The van der Waals surface area contributed by atoms with Crippen LogP contribution in [-0.4, -0.2) is 9.97 Å². The number of thiazole rings is 1. The lowest BCUT2D eigenvalue weighted by atomic mass is 10.3. The number of hydrogen-bond donors (Lipinski definition) is 1. The van der Waals surface area contributed by atoms with Crippen LogP contribution >= 0.6 is 23.1 Å². The fourth-order valence-corrected chi connectivity index (χ4v) is 2.68. The Labute approximate surface area is 103 Å². The first-order valence-corrected chi connectivity index (χ1v) is 6.01. The van der Waals surface area contributed by atoms with Gasteiger partial charge in [-0.2, -0.15) is 13.2 Å². The van der Waals surface area contributed by atoms with Gasteiger partial charge < -0.3 is 5.73 Å². The van der Waals surface area contributed by atoms with Crippen molar-refractivity contribution in [2.45, 2.75) is 15.4 Å². The molecule has 2 heterocycles. The van der Waals surface area contributed by atoms with E-state index in [4.69, 9.17) is 5.73 Å². The summed E-state index contributed by atoms with van der Waals surface area (Å²) in [6.07, 6.45) is -1.98. The van der Waals surface area contributed by atoms with Crippen molar-refractivity contribution in [3.63, 3.8) is 0 Å². The Balaban J connectivity index is 2.13. The van der Waals surface area contributed by atoms with Crippen molar-refractivity contribution in [2.24, 2.45) is 0 Å². The van der Waals surface area contributed by atoms with Crippen LogP contribution < -0.4 is 5.73 Å². The average Bonchev–Trinajstić information content (AvgIpc) is 2.63. The Morgan fingerprint density at radius 1 is 1.18 bits per heavy atom. The Kier molecular flexibility index (Phi) is 3.25. The van der Waals surface area contributed by atoms with Gasteiger partial charge in [0, 0.05) is 6.20 Å². The Bertz CT molecular complexity index is 507. The second-order valence-corrected chi connectivity index (χ2v) is 5.39. The van der Waals surface area contributed by atoms with E-state index in [1.54, 1.807) is 6.20 Å². The topological polar surface area (TPSA) is 51.8 Å². The standard InChI is InChI=1S/C9H6F3N3S2/c10-9(11,12)5-1-2-6(14-3-5)16-7-4-15-8(13)17-7/h1-4H,(H2,13,15). The monoisotopic (exact) mass is 277 g/mol. The van der Waals surface area contributed by atoms with Gasteiger partial charge in [-0.05, 0) is 12.1 Å². The zero-order chi connectivity index (χ0) is 12.5. The van der Waals surface area contributed by atoms with E-state index >= 15 is 0 Å². The number of alkyl halides is 3. The largest absolute Gasteiger partial charge is 0.417 e. The molecule has 0 aliphatic rings. The van der Waals surface area contributed by atoms with Gasteiger partial charge in [0.2, 0.25) is 0 Å². The van der Waals surface area contributed by atoms with Crippen molar-refractivity contribution < 1.29 is 13.2 Å². The number of nitrogen functional groups attached to an aromatic ring is 1. The van der Waals surface area contributed by atoms with Gasteiger partial charge in [0.05, 0.1) is 16.0 Å². The van der Waals surface area contributed by atoms with E-state index in [1.165, 1.54) is 29.2 Å². The predicted molar refractivity (Wildman–Crippen MR) is 59.9 cm³/mol. The van der Waals surface area contributed by atoms with E-state index < -0.39 is 11.7 Å². The van der Waals surface area contributed by atoms with Crippen LogP contribution in [-0.2, 0) is 6.18 Å². The van der Waals surface area contributed by atoms with E-state index in [2.05, 4.69) is 9.97 Å². The molecule has 0 spiro atoms. The van der Waals surface area contributed by atoms with Crippen LogP contribution in [0.3, 0.4) is 0 Å². The van der Waals surface area contributed by atoms with Gasteiger partial charge in [0.15, 0.2) is 5.13 Å². The summed E-state index contributed by atoms with van der Waals surface area (Å²) in [6.45, 7) is 0. The SMILES string of the molecule is Nc1ncc(Sc2ccc(C(F)(F)F)cn2)s1. The summed E-state index contributed by atoms with van der Waals surface area (Å²) in [4.78, 5) is 7.57. The van der Waals surface area contributed by atoms with Gasteiger partial charge in [0.1, 0.15) is 5.03 Å². The number of aromatic nitrogens is 2. The fraction of sp³-hybridized carbons (Fsp3) is 0.111. The third kappa shape index (κ3) is 3.10. The summed E-state index contributed by atoms with van der Waals surface area (Å²) >= 11 is 2.49. The summed E-state index contributed by atoms with van der Waals surface area (Å²) in [7, 11) is 0. The summed E-state index contributed by atoms with van der Waals surface area (Å²) in [5.74, 6) is 0. The summed E-state index contributed by atoms with van der Waals surface area (Å²) in [5.41, 5.74) is 4.68. The highest BCUT2D eigenvalue weighted by molar-refractivity contribution is 8.01. The summed E-state index contributed by atoms with van der Waals surface area (Å²) in [6, 6.07) is 2.32. The minimum atomic E-state index is -4.36. The van der Waals surface area contributed by atoms with E-state index in [9.17, 15) is 13.2 Å². The Morgan fingerprint density at radius 2 is 1.94 bits per heavy atom. The van der Waals surface area contributed by atoms with Crippen molar-refractivity contribution in [2.75, 3.05) is 5.73 Å². The van der Waals surface area contributed by atoms with Crippen molar-refractivity contribution in [3.8, 4) is 0 Å². The second kappa shape index (κ2) is 4.53. The van der Waals surface area contributed by atoms with Crippen LogP contribution in [0.2, 0.25) is 0 Å². The molecular weight excluding hydrogens is 271 g/mol. The van der Waals surface area contributed by atoms with E-state index in [0.717, 1.165) is 16.5 Å². The third-order valence-corrected chi connectivity index (χ3v) is 3.65. The smallest absolute Gasteiger partial charge is 0.375 e. The number of nitrogens with two attached hydrogens (primary N) is 1. The first-order valence-electron chi connectivity index (χ1n) is 4.37. The van der Waals surface area contributed by atoms with Crippen LogP contribution in [0.25, 0.3) is 0 Å². The molecule has 3 nitrogen and oxygen atoms in total. The van der Waals surface area contributed by atoms with Gasteiger partial charge in [-0.15, -0.1) is 0 Å².